The second kappa shape index (κ2) is 6.24. The van der Waals surface area contributed by atoms with Crippen LogP contribution < -0.4 is 11.5 Å². The molecule has 4 N–H and O–H groups in total. The Bertz CT molecular complexity index is 537. The van der Waals surface area contributed by atoms with Crippen LogP contribution in [0.2, 0.25) is 0 Å². The van der Waals surface area contributed by atoms with Gasteiger partial charge < -0.3 is 11.5 Å². The standard InChI is InChI=1S/C16H20N2S/c1-11-4-3-5-13(10-11)16(18)15(17)12-6-8-14(19-2)9-7-12/h3-10,15-16H,17-18H2,1-2H3. The average molecular weight is 272 g/mol. The van der Waals surface area contributed by atoms with Crippen molar-refractivity contribution in [2.45, 2.75) is 23.9 Å². The molecule has 0 aromatic heterocycles. The van der Waals surface area contributed by atoms with Gasteiger partial charge in [-0.15, -0.1) is 11.8 Å². The highest BCUT2D eigenvalue weighted by atomic mass is 32.2. The molecular weight excluding hydrogens is 252 g/mol. The molecule has 0 heterocycles. The van der Waals surface area contributed by atoms with Crippen LogP contribution in [0.1, 0.15) is 28.8 Å². The molecule has 0 amide bonds. The van der Waals surface area contributed by atoms with E-state index >= 15 is 0 Å². The van der Waals surface area contributed by atoms with Crippen molar-refractivity contribution in [2.75, 3.05) is 6.26 Å². The minimum absolute atomic E-state index is 0.181. The molecule has 2 aromatic rings. The molecule has 3 heteroatoms. The summed E-state index contributed by atoms with van der Waals surface area (Å²) in [6.45, 7) is 2.06. The monoisotopic (exact) mass is 272 g/mol. The zero-order valence-corrected chi connectivity index (χ0v) is 12.2. The van der Waals surface area contributed by atoms with Gasteiger partial charge in [-0.05, 0) is 36.4 Å². The van der Waals surface area contributed by atoms with E-state index in [1.54, 1.807) is 11.8 Å². The molecule has 19 heavy (non-hydrogen) atoms. The summed E-state index contributed by atoms with van der Waals surface area (Å²) in [7, 11) is 0. The molecule has 2 atom stereocenters. The molecule has 0 aliphatic rings. The Morgan fingerprint density at radius 1 is 0.895 bits per heavy atom. The highest BCUT2D eigenvalue weighted by Gasteiger charge is 2.17. The van der Waals surface area contributed by atoms with Crippen molar-refractivity contribution in [3.05, 3.63) is 65.2 Å². The molecule has 0 radical (unpaired) electrons. The van der Waals surface area contributed by atoms with Crippen LogP contribution in [0.15, 0.2) is 53.4 Å². The Hall–Kier alpha value is -1.29. The molecule has 2 nitrogen and oxygen atoms in total. The number of thioether (sulfide) groups is 1. The minimum Gasteiger partial charge on any atom is -0.322 e. The van der Waals surface area contributed by atoms with Crippen LogP contribution in [0, 0.1) is 6.92 Å². The number of aryl methyl sites for hydroxylation is 1. The largest absolute Gasteiger partial charge is 0.322 e. The van der Waals surface area contributed by atoms with Gasteiger partial charge in [0, 0.05) is 17.0 Å². The fourth-order valence-electron chi connectivity index (χ4n) is 2.12. The van der Waals surface area contributed by atoms with E-state index in [9.17, 15) is 0 Å². The van der Waals surface area contributed by atoms with E-state index in [1.165, 1.54) is 10.5 Å². The lowest BCUT2D eigenvalue weighted by atomic mass is 9.94. The van der Waals surface area contributed by atoms with Crippen molar-refractivity contribution < 1.29 is 0 Å². The molecule has 100 valence electrons. The summed E-state index contributed by atoms with van der Waals surface area (Å²) in [5.41, 5.74) is 15.9. The lowest BCUT2D eigenvalue weighted by Crippen LogP contribution is -2.26. The molecule has 2 unspecified atom stereocenters. The lowest BCUT2D eigenvalue weighted by Gasteiger charge is -2.21. The maximum Gasteiger partial charge on any atom is 0.0491 e. The smallest absolute Gasteiger partial charge is 0.0491 e. The molecule has 2 aromatic carbocycles. The first-order valence-electron chi connectivity index (χ1n) is 6.33. The summed E-state index contributed by atoms with van der Waals surface area (Å²) in [5, 5.41) is 0. The second-order valence-electron chi connectivity index (χ2n) is 4.74. The topological polar surface area (TPSA) is 52.0 Å². The first-order chi connectivity index (χ1) is 9.11. The Morgan fingerprint density at radius 3 is 2.11 bits per heavy atom. The van der Waals surface area contributed by atoms with E-state index in [1.807, 2.05) is 12.1 Å². The predicted molar refractivity (Wildman–Crippen MR) is 83.3 cm³/mol. The molecule has 0 fully saturated rings. The van der Waals surface area contributed by atoms with Gasteiger partial charge in [-0.1, -0.05) is 42.0 Å². The zero-order valence-electron chi connectivity index (χ0n) is 11.3. The van der Waals surface area contributed by atoms with Gasteiger partial charge in [0.1, 0.15) is 0 Å². The van der Waals surface area contributed by atoms with Gasteiger partial charge in [0.05, 0.1) is 0 Å². The van der Waals surface area contributed by atoms with Crippen LogP contribution in [0.25, 0.3) is 0 Å². The van der Waals surface area contributed by atoms with Gasteiger partial charge in [-0.3, -0.25) is 0 Å². The van der Waals surface area contributed by atoms with Crippen LogP contribution >= 0.6 is 11.8 Å². The second-order valence-corrected chi connectivity index (χ2v) is 5.62. The predicted octanol–water partition coefficient (Wildman–Crippen LogP) is 3.42. The third-order valence-corrected chi connectivity index (χ3v) is 4.06. The average Bonchev–Trinajstić information content (AvgIpc) is 2.46. The summed E-state index contributed by atoms with van der Waals surface area (Å²) in [6.07, 6.45) is 2.06. The van der Waals surface area contributed by atoms with Crippen molar-refractivity contribution in [3.63, 3.8) is 0 Å². The van der Waals surface area contributed by atoms with Crippen molar-refractivity contribution in [2.24, 2.45) is 11.5 Å². The van der Waals surface area contributed by atoms with Crippen LogP contribution in [0.5, 0.6) is 0 Å². The first kappa shape index (κ1) is 14.1. The summed E-state index contributed by atoms with van der Waals surface area (Å²) in [6, 6.07) is 16.2. The molecule has 0 saturated heterocycles. The molecule has 0 saturated carbocycles. The summed E-state index contributed by atoms with van der Waals surface area (Å²) in [5.74, 6) is 0. The highest BCUT2D eigenvalue weighted by molar-refractivity contribution is 7.98. The van der Waals surface area contributed by atoms with Gasteiger partial charge in [0.2, 0.25) is 0 Å². The first-order valence-corrected chi connectivity index (χ1v) is 7.56. The Balaban J connectivity index is 2.20. The van der Waals surface area contributed by atoms with E-state index in [-0.39, 0.29) is 12.1 Å². The molecule has 2 rings (SSSR count). The van der Waals surface area contributed by atoms with Gasteiger partial charge in [0.25, 0.3) is 0 Å². The maximum atomic E-state index is 6.28. The van der Waals surface area contributed by atoms with Crippen molar-refractivity contribution in [3.8, 4) is 0 Å². The van der Waals surface area contributed by atoms with E-state index < -0.39 is 0 Å². The van der Waals surface area contributed by atoms with Gasteiger partial charge in [-0.2, -0.15) is 0 Å². The number of nitrogens with two attached hydrogens (primary N) is 2. The van der Waals surface area contributed by atoms with Crippen LogP contribution in [-0.2, 0) is 0 Å². The molecule has 0 aliphatic heterocycles. The van der Waals surface area contributed by atoms with E-state index in [2.05, 4.69) is 49.6 Å². The van der Waals surface area contributed by atoms with Crippen molar-refractivity contribution in [1.82, 2.24) is 0 Å². The summed E-state index contributed by atoms with van der Waals surface area (Å²) >= 11 is 1.72. The van der Waals surface area contributed by atoms with Gasteiger partial charge in [-0.25, -0.2) is 0 Å². The maximum absolute atomic E-state index is 6.28. The molecule has 0 bridgehead atoms. The fraction of sp³-hybridized carbons (Fsp3) is 0.250. The quantitative estimate of drug-likeness (QED) is 0.839. The fourth-order valence-corrected chi connectivity index (χ4v) is 2.53. The van der Waals surface area contributed by atoms with Crippen molar-refractivity contribution in [1.29, 1.82) is 0 Å². The molecular formula is C16H20N2S. The van der Waals surface area contributed by atoms with Crippen LogP contribution in [0.4, 0.5) is 0 Å². The Labute approximate surface area is 119 Å². The Kier molecular flexibility index (Phi) is 4.64. The molecule has 0 spiro atoms. The van der Waals surface area contributed by atoms with E-state index in [0.717, 1.165) is 11.1 Å². The SMILES string of the molecule is CSc1ccc(C(N)C(N)c2cccc(C)c2)cc1. The minimum atomic E-state index is -0.183. The normalized spacial score (nSPS) is 14.1. The summed E-state index contributed by atoms with van der Waals surface area (Å²) < 4.78 is 0. The van der Waals surface area contributed by atoms with E-state index in [4.69, 9.17) is 11.5 Å². The number of benzene rings is 2. The van der Waals surface area contributed by atoms with Gasteiger partial charge in [0.15, 0.2) is 0 Å². The summed E-state index contributed by atoms with van der Waals surface area (Å²) in [4.78, 5) is 1.24. The van der Waals surface area contributed by atoms with E-state index in [0.29, 0.717) is 0 Å². The number of hydrogen-bond acceptors (Lipinski definition) is 3. The van der Waals surface area contributed by atoms with Crippen LogP contribution in [0.3, 0.4) is 0 Å². The lowest BCUT2D eigenvalue weighted by molar-refractivity contribution is 0.574. The third-order valence-electron chi connectivity index (χ3n) is 3.31. The zero-order chi connectivity index (χ0) is 13.8. The highest BCUT2D eigenvalue weighted by Crippen LogP contribution is 2.26. The van der Waals surface area contributed by atoms with Crippen molar-refractivity contribution >= 4 is 11.8 Å². The number of rotatable bonds is 4. The molecule has 0 aliphatic carbocycles. The third kappa shape index (κ3) is 3.38. The Morgan fingerprint density at radius 2 is 1.53 bits per heavy atom. The number of hydrogen-bond donors (Lipinski definition) is 2. The van der Waals surface area contributed by atoms with Crippen LogP contribution in [-0.4, -0.2) is 6.26 Å². The van der Waals surface area contributed by atoms with Gasteiger partial charge >= 0.3 is 0 Å².